The van der Waals surface area contributed by atoms with Crippen LogP contribution >= 0.6 is 0 Å². The third-order valence-electron chi connectivity index (χ3n) is 9.02. The number of ether oxygens (including phenoxy) is 4. The average molecular weight is 421 g/mol. The molecular weight excluding hydrogens is 388 g/mol. The molecule has 0 radical (unpaired) electrons. The van der Waals surface area contributed by atoms with E-state index >= 15 is 0 Å². The van der Waals surface area contributed by atoms with Gasteiger partial charge in [-0.15, -0.1) is 0 Å². The lowest BCUT2D eigenvalue weighted by Crippen LogP contribution is -2.70. The van der Waals surface area contributed by atoms with Gasteiger partial charge >= 0.3 is 11.9 Å². The molecule has 7 nitrogen and oxygen atoms in total. The molecular formula is C23H32O7. The van der Waals surface area contributed by atoms with Crippen molar-refractivity contribution in [2.24, 2.45) is 34.0 Å². The lowest BCUT2D eigenvalue weighted by atomic mass is 9.43. The predicted octanol–water partition coefficient (Wildman–Crippen LogP) is 2.56. The van der Waals surface area contributed by atoms with Crippen molar-refractivity contribution in [1.29, 1.82) is 0 Å². The van der Waals surface area contributed by atoms with E-state index in [1.165, 1.54) is 6.92 Å². The second-order valence-electron chi connectivity index (χ2n) is 10.6. The number of aliphatic hydroxyl groups excluding tert-OH is 1. The van der Waals surface area contributed by atoms with Gasteiger partial charge in [-0.3, -0.25) is 9.59 Å². The van der Waals surface area contributed by atoms with Crippen molar-refractivity contribution in [3.8, 4) is 0 Å². The fourth-order valence-electron chi connectivity index (χ4n) is 8.11. The van der Waals surface area contributed by atoms with E-state index in [9.17, 15) is 14.7 Å². The summed E-state index contributed by atoms with van der Waals surface area (Å²) in [5, 5.41) is 11.0. The Kier molecular flexibility index (Phi) is 4.30. The van der Waals surface area contributed by atoms with E-state index in [-0.39, 0.29) is 29.1 Å². The van der Waals surface area contributed by atoms with Crippen LogP contribution in [0, 0.1) is 34.0 Å². The highest BCUT2D eigenvalue weighted by molar-refractivity contribution is 5.82. The molecule has 1 N–H and O–H groups in total. The molecule has 5 rings (SSSR count). The maximum atomic E-state index is 13.6. The first kappa shape index (κ1) is 20.5. The van der Waals surface area contributed by atoms with Crippen LogP contribution in [0.4, 0.5) is 0 Å². The third kappa shape index (κ3) is 2.21. The molecule has 3 saturated carbocycles. The second kappa shape index (κ2) is 6.30. The van der Waals surface area contributed by atoms with E-state index in [1.54, 1.807) is 7.11 Å². The SMILES string of the molecule is C=C1C2CCC3C(C2)(C(=O)OC2CCC(C)(C)C4C(O)OC(OC)C243)C1OC(C)=O. The van der Waals surface area contributed by atoms with Crippen molar-refractivity contribution in [3.63, 3.8) is 0 Å². The Balaban J connectivity index is 1.73. The van der Waals surface area contributed by atoms with Gasteiger partial charge in [-0.05, 0) is 54.9 Å². The Morgan fingerprint density at radius 1 is 1.27 bits per heavy atom. The van der Waals surface area contributed by atoms with Crippen LogP contribution in [0.1, 0.15) is 52.9 Å². The van der Waals surface area contributed by atoms with Crippen LogP contribution in [-0.4, -0.2) is 48.9 Å². The van der Waals surface area contributed by atoms with Crippen LogP contribution in [0.2, 0.25) is 0 Å². The molecule has 166 valence electrons. The van der Waals surface area contributed by atoms with E-state index < -0.39 is 41.6 Å². The fraction of sp³-hybridized carbons (Fsp3) is 0.826. The topological polar surface area (TPSA) is 91.3 Å². The van der Waals surface area contributed by atoms with E-state index in [0.29, 0.717) is 12.8 Å². The van der Waals surface area contributed by atoms with E-state index in [2.05, 4.69) is 20.4 Å². The third-order valence-corrected chi connectivity index (χ3v) is 9.02. The zero-order chi connectivity index (χ0) is 21.6. The molecule has 3 aliphatic carbocycles. The molecule has 9 unspecified atom stereocenters. The summed E-state index contributed by atoms with van der Waals surface area (Å²) in [5.74, 6) is -1.06. The summed E-state index contributed by atoms with van der Waals surface area (Å²) in [5.41, 5.74) is -1.12. The minimum absolute atomic E-state index is 0.120. The molecule has 7 heteroatoms. The van der Waals surface area contributed by atoms with Crippen molar-refractivity contribution in [2.75, 3.05) is 7.11 Å². The molecule has 0 aromatic rings. The fourth-order valence-corrected chi connectivity index (χ4v) is 8.11. The highest BCUT2D eigenvalue weighted by Gasteiger charge is 2.80. The van der Waals surface area contributed by atoms with Gasteiger partial charge in [0.15, 0.2) is 12.6 Å². The zero-order valence-corrected chi connectivity index (χ0v) is 18.2. The standard InChI is InChI=1S/C23H32O7/c1-11-13-6-7-14-22(10-13,17(11)28-12(2)24)19(26)29-15-8-9-21(3,4)16-18(25)30-20(27-5)23(14,15)16/h13-18,20,25H,1,6-10H2,2-5H3. The molecule has 2 heterocycles. The van der Waals surface area contributed by atoms with E-state index in [0.717, 1.165) is 24.8 Å². The number of methoxy groups -OCH3 is 1. The minimum atomic E-state index is -1.00. The Hall–Kier alpha value is -1.44. The number of esters is 2. The van der Waals surface area contributed by atoms with Crippen molar-refractivity contribution in [2.45, 2.75) is 77.7 Å². The minimum Gasteiger partial charge on any atom is -0.461 e. The van der Waals surface area contributed by atoms with E-state index in [4.69, 9.17) is 18.9 Å². The second-order valence-corrected chi connectivity index (χ2v) is 10.6. The molecule has 2 bridgehead atoms. The molecule has 2 aliphatic heterocycles. The van der Waals surface area contributed by atoms with Crippen LogP contribution in [0.5, 0.6) is 0 Å². The maximum Gasteiger partial charge on any atom is 0.316 e. The summed E-state index contributed by atoms with van der Waals surface area (Å²) < 4.78 is 23.8. The number of hydrogen-bond acceptors (Lipinski definition) is 7. The molecule has 5 fully saturated rings. The normalized spacial score (nSPS) is 50.9. The van der Waals surface area contributed by atoms with Gasteiger partial charge in [0.2, 0.25) is 0 Å². The van der Waals surface area contributed by atoms with Crippen LogP contribution < -0.4 is 0 Å². The van der Waals surface area contributed by atoms with E-state index in [1.807, 2.05) is 0 Å². The Morgan fingerprint density at radius 2 is 2.00 bits per heavy atom. The number of fused-ring (bicyclic) bond motifs is 1. The number of rotatable bonds is 2. The first-order valence-corrected chi connectivity index (χ1v) is 11.0. The first-order chi connectivity index (χ1) is 14.1. The quantitative estimate of drug-likeness (QED) is 0.542. The molecule has 30 heavy (non-hydrogen) atoms. The summed E-state index contributed by atoms with van der Waals surface area (Å²) in [7, 11) is 1.58. The maximum absolute atomic E-state index is 13.6. The lowest BCUT2D eigenvalue weighted by molar-refractivity contribution is -0.284. The molecule has 0 amide bonds. The number of hydrogen-bond donors (Lipinski definition) is 1. The molecule has 2 spiro atoms. The van der Waals surface area contributed by atoms with Gasteiger partial charge in [-0.1, -0.05) is 20.4 Å². The van der Waals surface area contributed by atoms with Crippen LogP contribution in [0.3, 0.4) is 0 Å². The molecule has 9 atom stereocenters. The molecule has 5 aliphatic rings. The van der Waals surface area contributed by atoms with Gasteiger partial charge in [0.1, 0.15) is 17.6 Å². The summed E-state index contributed by atoms with van der Waals surface area (Å²) in [6, 6.07) is 0. The van der Waals surface area contributed by atoms with Gasteiger partial charge in [-0.25, -0.2) is 0 Å². The molecule has 0 aromatic heterocycles. The van der Waals surface area contributed by atoms with Crippen LogP contribution in [-0.2, 0) is 28.5 Å². The highest BCUT2D eigenvalue weighted by Crippen LogP contribution is 2.73. The number of aliphatic hydroxyl groups is 1. The summed E-state index contributed by atoms with van der Waals surface area (Å²) >= 11 is 0. The van der Waals surface area contributed by atoms with Crippen molar-refractivity contribution in [1.82, 2.24) is 0 Å². The van der Waals surface area contributed by atoms with Crippen molar-refractivity contribution < 1.29 is 33.6 Å². The van der Waals surface area contributed by atoms with Crippen molar-refractivity contribution in [3.05, 3.63) is 12.2 Å². The lowest BCUT2D eigenvalue weighted by Gasteiger charge is -2.63. The average Bonchev–Trinajstić information content (AvgIpc) is 3.09. The summed E-state index contributed by atoms with van der Waals surface area (Å²) in [4.78, 5) is 25.6. The van der Waals surface area contributed by atoms with Crippen LogP contribution in [0.25, 0.3) is 0 Å². The van der Waals surface area contributed by atoms with Gasteiger partial charge in [0.25, 0.3) is 0 Å². The van der Waals surface area contributed by atoms with Crippen LogP contribution in [0.15, 0.2) is 12.2 Å². The Labute approximate surface area is 177 Å². The number of carbonyl (C=O) groups excluding carboxylic acids is 2. The monoisotopic (exact) mass is 420 g/mol. The zero-order valence-electron chi connectivity index (χ0n) is 18.2. The summed E-state index contributed by atoms with van der Waals surface area (Å²) in [6.07, 6.45) is 0.885. The van der Waals surface area contributed by atoms with Gasteiger partial charge < -0.3 is 24.1 Å². The largest absolute Gasteiger partial charge is 0.461 e. The Bertz CT molecular complexity index is 805. The molecule has 2 saturated heterocycles. The van der Waals surface area contributed by atoms with Gasteiger partial charge in [0.05, 0.1) is 5.41 Å². The van der Waals surface area contributed by atoms with Gasteiger partial charge in [-0.2, -0.15) is 0 Å². The Morgan fingerprint density at radius 3 is 2.67 bits per heavy atom. The molecule has 0 aromatic carbocycles. The highest BCUT2D eigenvalue weighted by atomic mass is 16.7. The predicted molar refractivity (Wildman–Crippen MR) is 105 cm³/mol. The van der Waals surface area contributed by atoms with Crippen molar-refractivity contribution >= 4 is 11.9 Å². The first-order valence-electron chi connectivity index (χ1n) is 11.0. The summed E-state index contributed by atoms with van der Waals surface area (Å²) in [6.45, 7) is 9.88. The smallest absolute Gasteiger partial charge is 0.316 e. The van der Waals surface area contributed by atoms with Gasteiger partial charge in [0, 0.05) is 20.0 Å². The number of carbonyl (C=O) groups is 2.